The van der Waals surface area contributed by atoms with Gasteiger partial charge in [0.25, 0.3) is 0 Å². The van der Waals surface area contributed by atoms with Gasteiger partial charge in [0.05, 0.1) is 16.7 Å². The van der Waals surface area contributed by atoms with Crippen LogP contribution in [0.2, 0.25) is 0 Å². The first kappa shape index (κ1) is 23.7. The van der Waals surface area contributed by atoms with Crippen LogP contribution < -0.4 is 0 Å². The summed E-state index contributed by atoms with van der Waals surface area (Å²) in [6, 6.07) is 55.5. The molecule has 0 radical (unpaired) electrons. The molecule has 0 aliphatic rings. The third-order valence-corrected chi connectivity index (χ3v) is 9.49. The summed E-state index contributed by atoms with van der Waals surface area (Å²) < 4.78 is 2.48. The lowest BCUT2D eigenvalue weighted by molar-refractivity contribution is 1.20. The number of H-pyrrole nitrogens is 1. The number of aromatic amines is 1. The largest absolute Gasteiger partial charge is 0.354 e. The Labute approximate surface area is 253 Å². The summed E-state index contributed by atoms with van der Waals surface area (Å²) in [5.74, 6) is 0. The van der Waals surface area contributed by atoms with Crippen LogP contribution in [0.3, 0.4) is 0 Å². The van der Waals surface area contributed by atoms with Crippen LogP contribution in [0.5, 0.6) is 0 Å². The lowest BCUT2D eigenvalue weighted by Crippen LogP contribution is -1.96. The molecule has 0 amide bonds. The van der Waals surface area contributed by atoms with Crippen molar-refractivity contribution in [3.05, 3.63) is 152 Å². The van der Waals surface area contributed by atoms with E-state index >= 15 is 0 Å². The summed E-state index contributed by atoms with van der Waals surface area (Å²) >= 11 is 0. The first-order valence-electron chi connectivity index (χ1n) is 15.2. The van der Waals surface area contributed by atoms with Gasteiger partial charge in [0, 0.05) is 38.0 Å². The Morgan fingerprint density at radius 1 is 0.364 bits per heavy atom. The molecule has 0 spiro atoms. The Hall–Kier alpha value is -5.86. The Morgan fingerprint density at radius 3 is 1.73 bits per heavy atom. The summed E-state index contributed by atoms with van der Waals surface area (Å²) in [6.07, 6.45) is 0. The van der Waals surface area contributed by atoms with E-state index in [0.29, 0.717) is 0 Å². The van der Waals surface area contributed by atoms with Crippen molar-refractivity contribution in [2.24, 2.45) is 0 Å². The number of aromatic nitrogens is 2. The zero-order valence-corrected chi connectivity index (χ0v) is 23.9. The van der Waals surface area contributed by atoms with Gasteiger partial charge in [0.15, 0.2) is 0 Å². The van der Waals surface area contributed by atoms with Crippen LogP contribution in [0.4, 0.5) is 0 Å². The van der Waals surface area contributed by atoms with Gasteiger partial charge in [-0.1, -0.05) is 121 Å². The van der Waals surface area contributed by atoms with E-state index in [4.69, 9.17) is 0 Å². The zero-order valence-electron chi connectivity index (χ0n) is 23.9. The van der Waals surface area contributed by atoms with E-state index in [2.05, 4.69) is 161 Å². The average molecular weight is 559 g/mol. The second-order valence-electron chi connectivity index (χ2n) is 11.8. The van der Waals surface area contributed by atoms with E-state index in [-0.39, 0.29) is 0 Å². The average Bonchev–Trinajstić information content (AvgIpc) is 3.63. The molecule has 10 rings (SSSR count). The zero-order chi connectivity index (χ0) is 28.8. The summed E-state index contributed by atoms with van der Waals surface area (Å²) in [5.41, 5.74) is 8.46. The van der Waals surface area contributed by atoms with Crippen LogP contribution in [0.25, 0.3) is 92.7 Å². The van der Waals surface area contributed by atoms with Crippen molar-refractivity contribution in [3.63, 3.8) is 0 Å². The van der Waals surface area contributed by atoms with Gasteiger partial charge in [-0.3, -0.25) is 0 Å². The standard InChI is InChI=1S/C42H26N2/c1-2-14-27-26(12-1)13-11-23-38(27)44-39-22-10-8-20-33(39)42-31-18-6-4-16-29(31)35(25-40(42)44)34-24-37-41(30-17-5-3-15-28(30)34)32-19-7-9-21-36(32)43-37/h1-25,43H. The maximum Gasteiger partial charge on any atom is 0.0553 e. The predicted molar refractivity (Wildman–Crippen MR) is 188 cm³/mol. The summed E-state index contributed by atoms with van der Waals surface area (Å²) in [4.78, 5) is 3.74. The quantitative estimate of drug-likeness (QED) is 0.218. The van der Waals surface area contributed by atoms with Crippen molar-refractivity contribution in [1.82, 2.24) is 9.55 Å². The first-order chi connectivity index (χ1) is 21.8. The fourth-order valence-corrected chi connectivity index (χ4v) is 7.66. The predicted octanol–water partition coefficient (Wildman–Crippen LogP) is 11.5. The highest BCUT2D eigenvalue weighted by Crippen LogP contribution is 2.45. The molecule has 0 saturated heterocycles. The topological polar surface area (TPSA) is 20.7 Å². The van der Waals surface area contributed by atoms with E-state index in [1.54, 1.807) is 0 Å². The number of rotatable bonds is 2. The maximum absolute atomic E-state index is 3.74. The first-order valence-corrected chi connectivity index (χ1v) is 15.2. The normalized spacial score (nSPS) is 12.1. The Bertz CT molecular complexity index is 2770. The number of hydrogen-bond acceptors (Lipinski definition) is 0. The molecule has 1 N–H and O–H groups in total. The van der Waals surface area contributed by atoms with Gasteiger partial charge in [0.2, 0.25) is 0 Å². The molecule has 0 atom stereocenters. The number of para-hydroxylation sites is 2. The van der Waals surface area contributed by atoms with Crippen LogP contribution in [0, 0.1) is 0 Å². The minimum atomic E-state index is 1.17. The van der Waals surface area contributed by atoms with Gasteiger partial charge in [0.1, 0.15) is 0 Å². The Kier molecular flexibility index (Phi) is 4.75. The molecule has 2 nitrogen and oxygen atoms in total. The molecular formula is C42H26N2. The lowest BCUT2D eigenvalue weighted by Gasteiger charge is -2.15. The molecule has 2 heterocycles. The van der Waals surface area contributed by atoms with Crippen molar-refractivity contribution in [2.75, 3.05) is 0 Å². The van der Waals surface area contributed by atoms with E-state index < -0.39 is 0 Å². The molecule has 8 aromatic carbocycles. The number of fused-ring (bicyclic) bond motifs is 11. The van der Waals surface area contributed by atoms with Crippen molar-refractivity contribution in [1.29, 1.82) is 0 Å². The van der Waals surface area contributed by atoms with Gasteiger partial charge < -0.3 is 9.55 Å². The maximum atomic E-state index is 3.74. The van der Waals surface area contributed by atoms with Gasteiger partial charge in [-0.25, -0.2) is 0 Å². The van der Waals surface area contributed by atoms with Crippen LogP contribution in [0.1, 0.15) is 0 Å². The molecule has 0 saturated carbocycles. The molecule has 2 aromatic heterocycles. The molecule has 44 heavy (non-hydrogen) atoms. The summed E-state index contributed by atoms with van der Waals surface area (Å²) in [5, 5.41) is 12.7. The highest BCUT2D eigenvalue weighted by atomic mass is 15.0. The van der Waals surface area contributed by atoms with E-state index in [1.807, 2.05) is 0 Å². The molecule has 204 valence electrons. The smallest absolute Gasteiger partial charge is 0.0553 e. The molecule has 0 aliphatic carbocycles. The van der Waals surface area contributed by atoms with Crippen LogP contribution >= 0.6 is 0 Å². The fraction of sp³-hybridized carbons (Fsp3) is 0. The van der Waals surface area contributed by atoms with Crippen molar-refractivity contribution >= 4 is 75.9 Å². The minimum Gasteiger partial charge on any atom is -0.354 e. The Morgan fingerprint density at radius 2 is 0.932 bits per heavy atom. The van der Waals surface area contributed by atoms with Crippen molar-refractivity contribution in [3.8, 4) is 16.8 Å². The lowest BCUT2D eigenvalue weighted by atomic mass is 9.90. The van der Waals surface area contributed by atoms with E-state index in [0.717, 1.165) is 0 Å². The van der Waals surface area contributed by atoms with Crippen LogP contribution in [-0.2, 0) is 0 Å². The third-order valence-electron chi connectivity index (χ3n) is 9.49. The van der Waals surface area contributed by atoms with Gasteiger partial charge in [-0.2, -0.15) is 0 Å². The number of hydrogen-bond donors (Lipinski definition) is 1. The third kappa shape index (κ3) is 3.14. The second kappa shape index (κ2) is 8.82. The number of nitrogens with one attached hydrogen (secondary N) is 1. The number of benzene rings is 8. The second-order valence-corrected chi connectivity index (χ2v) is 11.8. The van der Waals surface area contributed by atoms with E-state index in [9.17, 15) is 0 Å². The molecular weight excluding hydrogens is 532 g/mol. The fourth-order valence-electron chi connectivity index (χ4n) is 7.66. The summed E-state index contributed by atoms with van der Waals surface area (Å²) in [6.45, 7) is 0. The molecule has 10 aromatic rings. The summed E-state index contributed by atoms with van der Waals surface area (Å²) in [7, 11) is 0. The monoisotopic (exact) mass is 558 g/mol. The van der Waals surface area contributed by atoms with Crippen LogP contribution in [0.15, 0.2) is 152 Å². The van der Waals surface area contributed by atoms with Gasteiger partial charge >= 0.3 is 0 Å². The molecule has 2 heteroatoms. The molecule has 0 aliphatic heterocycles. The van der Waals surface area contributed by atoms with Gasteiger partial charge in [-0.15, -0.1) is 0 Å². The number of nitrogens with zero attached hydrogens (tertiary/aromatic N) is 1. The molecule has 0 bridgehead atoms. The Balaban J connectivity index is 1.41. The SMILES string of the molecule is c1ccc2c(-n3c4ccccc4c4c5ccccc5c(-c5cc6[nH]c7ccccc7c6c6ccccc56)cc43)cccc2c1. The van der Waals surface area contributed by atoms with Gasteiger partial charge in [-0.05, 0) is 68.4 Å². The highest BCUT2D eigenvalue weighted by molar-refractivity contribution is 6.28. The molecule has 0 unspecified atom stereocenters. The van der Waals surface area contributed by atoms with Crippen LogP contribution in [-0.4, -0.2) is 9.55 Å². The van der Waals surface area contributed by atoms with Crippen molar-refractivity contribution in [2.45, 2.75) is 0 Å². The minimum absolute atomic E-state index is 1.17. The molecule has 0 fully saturated rings. The van der Waals surface area contributed by atoms with Crippen molar-refractivity contribution < 1.29 is 0 Å². The highest BCUT2D eigenvalue weighted by Gasteiger charge is 2.20. The van der Waals surface area contributed by atoms with E-state index in [1.165, 1.54) is 92.7 Å².